The normalized spacial score (nSPS) is 41.9. The molecule has 1 saturated heterocycles. The summed E-state index contributed by atoms with van der Waals surface area (Å²) < 4.78 is 4.98. The van der Waals surface area contributed by atoms with E-state index in [-0.39, 0.29) is 11.9 Å². The molecule has 0 bridgehead atoms. The van der Waals surface area contributed by atoms with Gasteiger partial charge in [0, 0.05) is 5.92 Å². The third-order valence-corrected chi connectivity index (χ3v) is 2.66. The molecule has 2 aliphatic rings. The summed E-state index contributed by atoms with van der Waals surface area (Å²) in [5.74, 6) is 0.998. The fourth-order valence-electron chi connectivity index (χ4n) is 2.00. The summed E-state index contributed by atoms with van der Waals surface area (Å²) in [6, 6.07) is 0. The Balaban J connectivity index is 2.24. The Kier molecular flexibility index (Phi) is 1.48. The lowest BCUT2D eigenvalue weighted by molar-refractivity contribution is -0.142. The second kappa shape index (κ2) is 2.36. The molecule has 2 rings (SSSR count). The number of carbonyl (C=O) groups excluding carboxylic acids is 1. The summed E-state index contributed by atoms with van der Waals surface area (Å²) in [5, 5.41) is 0. The first kappa shape index (κ1) is 6.89. The molecule has 0 aromatic heterocycles. The average molecular weight is 152 g/mol. The lowest BCUT2D eigenvalue weighted by Gasteiger charge is -2.22. The fraction of sp³-hybridized carbons (Fsp3) is 0.667. The van der Waals surface area contributed by atoms with Gasteiger partial charge in [0.1, 0.15) is 0 Å². The van der Waals surface area contributed by atoms with Gasteiger partial charge in [-0.3, -0.25) is 4.79 Å². The van der Waals surface area contributed by atoms with Crippen LogP contribution in [0.25, 0.3) is 0 Å². The van der Waals surface area contributed by atoms with E-state index < -0.39 is 0 Å². The van der Waals surface area contributed by atoms with Gasteiger partial charge < -0.3 is 4.74 Å². The Morgan fingerprint density at radius 2 is 2.45 bits per heavy atom. The first-order valence-electron chi connectivity index (χ1n) is 4.12. The smallest absolute Gasteiger partial charge is 0.309 e. The second-order valence-electron chi connectivity index (χ2n) is 3.46. The van der Waals surface area contributed by atoms with E-state index in [0.29, 0.717) is 18.4 Å². The third-order valence-electron chi connectivity index (χ3n) is 2.66. The van der Waals surface area contributed by atoms with Gasteiger partial charge in [-0.1, -0.05) is 19.1 Å². The van der Waals surface area contributed by atoms with Crippen LogP contribution in [0.5, 0.6) is 0 Å². The van der Waals surface area contributed by atoms with E-state index in [1.807, 2.05) is 0 Å². The molecule has 0 radical (unpaired) electrons. The molecule has 11 heavy (non-hydrogen) atoms. The van der Waals surface area contributed by atoms with Gasteiger partial charge >= 0.3 is 5.97 Å². The van der Waals surface area contributed by atoms with Crippen LogP contribution in [0.2, 0.25) is 0 Å². The van der Waals surface area contributed by atoms with E-state index in [1.54, 1.807) is 0 Å². The molecule has 2 heteroatoms. The highest BCUT2D eigenvalue weighted by Gasteiger charge is 2.40. The number of hydrogen-bond acceptors (Lipinski definition) is 2. The Bertz CT molecular complexity index is 208. The van der Waals surface area contributed by atoms with Crippen molar-refractivity contribution in [2.75, 3.05) is 6.61 Å². The van der Waals surface area contributed by atoms with Crippen molar-refractivity contribution in [1.29, 1.82) is 0 Å². The van der Waals surface area contributed by atoms with Gasteiger partial charge in [0.15, 0.2) is 0 Å². The molecule has 1 aliphatic heterocycles. The molecular weight excluding hydrogens is 140 g/mol. The van der Waals surface area contributed by atoms with Gasteiger partial charge in [0.05, 0.1) is 12.5 Å². The van der Waals surface area contributed by atoms with Crippen molar-refractivity contribution in [3.8, 4) is 0 Å². The van der Waals surface area contributed by atoms with Crippen LogP contribution in [0.1, 0.15) is 13.3 Å². The van der Waals surface area contributed by atoms with Gasteiger partial charge in [-0.2, -0.15) is 0 Å². The number of carbonyl (C=O) groups is 1. The molecule has 1 heterocycles. The summed E-state index contributed by atoms with van der Waals surface area (Å²) in [7, 11) is 0. The highest BCUT2D eigenvalue weighted by Crippen LogP contribution is 2.35. The van der Waals surface area contributed by atoms with Crippen molar-refractivity contribution in [2.24, 2.45) is 17.8 Å². The molecule has 0 saturated carbocycles. The van der Waals surface area contributed by atoms with Crippen LogP contribution in [0.4, 0.5) is 0 Å². The summed E-state index contributed by atoms with van der Waals surface area (Å²) in [6.45, 7) is 2.72. The van der Waals surface area contributed by atoms with Gasteiger partial charge in [-0.15, -0.1) is 0 Å². The molecular formula is C9H12O2. The van der Waals surface area contributed by atoms with Crippen molar-refractivity contribution in [3.63, 3.8) is 0 Å². The highest BCUT2D eigenvalue weighted by atomic mass is 16.5. The van der Waals surface area contributed by atoms with E-state index in [4.69, 9.17) is 4.74 Å². The summed E-state index contributed by atoms with van der Waals surface area (Å²) in [5.41, 5.74) is 0. The first-order valence-corrected chi connectivity index (χ1v) is 4.12. The van der Waals surface area contributed by atoms with E-state index in [2.05, 4.69) is 19.1 Å². The van der Waals surface area contributed by atoms with Crippen LogP contribution < -0.4 is 0 Å². The van der Waals surface area contributed by atoms with Crippen LogP contribution in [0.15, 0.2) is 12.2 Å². The van der Waals surface area contributed by atoms with Crippen LogP contribution >= 0.6 is 0 Å². The predicted octanol–water partition coefficient (Wildman–Crippen LogP) is 1.37. The zero-order valence-corrected chi connectivity index (χ0v) is 6.62. The van der Waals surface area contributed by atoms with Crippen molar-refractivity contribution in [2.45, 2.75) is 13.3 Å². The lowest BCUT2D eigenvalue weighted by atomic mass is 9.79. The van der Waals surface area contributed by atoms with Crippen molar-refractivity contribution in [3.05, 3.63) is 12.2 Å². The lowest BCUT2D eigenvalue weighted by Crippen LogP contribution is -2.24. The number of hydrogen-bond donors (Lipinski definition) is 0. The van der Waals surface area contributed by atoms with Gasteiger partial charge in [0.2, 0.25) is 0 Å². The minimum Gasteiger partial charge on any atom is -0.465 e. The monoisotopic (exact) mass is 152 g/mol. The van der Waals surface area contributed by atoms with E-state index in [0.717, 1.165) is 6.42 Å². The summed E-state index contributed by atoms with van der Waals surface area (Å²) in [6.07, 6.45) is 5.31. The largest absolute Gasteiger partial charge is 0.465 e. The zero-order chi connectivity index (χ0) is 7.84. The predicted molar refractivity (Wildman–Crippen MR) is 40.9 cm³/mol. The molecule has 2 nitrogen and oxygen atoms in total. The number of cyclic esters (lactones) is 1. The molecule has 0 aromatic carbocycles. The topological polar surface area (TPSA) is 26.3 Å². The SMILES string of the molecule is C[C@H]1CC=C[C@@H]2COC(=O)[C@@H]21. The number of esters is 1. The molecule has 3 atom stereocenters. The quantitative estimate of drug-likeness (QED) is 0.387. The van der Waals surface area contributed by atoms with E-state index in [1.165, 1.54) is 0 Å². The zero-order valence-electron chi connectivity index (χ0n) is 6.62. The Labute approximate surface area is 66.2 Å². The van der Waals surface area contributed by atoms with Gasteiger partial charge in [-0.05, 0) is 12.3 Å². The molecule has 0 N–H and O–H groups in total. The van der Waals surface area contributed by atoms with Crippen molar-refractivity contribution in [1.82, 2.24) is 0 Å². The van der Waals surface area contributed by atoms with Crippen LogP contribution in [-0.2, 0) is 9.53 Å². The standard InChI is InChI=1S/C9H12O2/c1-6-3-2-4-7-5-11-9(10)8(6)7/h2,4,6-8H,3,5H2,1H3/t6-,7+,8+/m0/s1. The minimum absolute atomic E-state index is 0.00634. The summed E-state index contributed by atoms with van der Waals surface area (Å²) in [4.78, 5) is 11.2. The van der Waals surface area contributed by atoms with Crippen LogP contribution in [-0.4, -0.2) is 12.6 Å². The van der Waals surface area contributed by atoms with E-state index in [9.17, 15) is 4.79 Å². The van der Waals surface area contributed by atoms with Crippen molar-refractivity contribution >= 4 is 5.97 Å². The number of rotatable bonds is 0. The molecule has 60 valence electrons. The fourth-order valence-corrected chi connectivity index (χ4v) is 2.00. The molecule has 0 unspecified atom stereocenters. The van der Waals surface area contributed by atoms with Gasteiger partial charge in [0.25, 0.3) is 0 Å². The maximum atomic E-state index is 11.2. The van der Waals surface area contributed by atoms with Crippen LogP contribution in [0.3, 0.4) is 0 Å². The van der Waals surface area contributed by atoms with E-state index >= 15 is 0 Å². The van der Waals surface area contributed by atoms with Crippen molar-refractivity contribution < 1.29 is 9.53 Å². The first-order chi connectivity index (χ1) is 5.29. The Morgan fingerprint density at radius 1 is 1.64 bits per heavy atom. The average Bonchev–Trinajstić information content (AvgIpc) is 2.34. The maximum absolute atomic E-state index is 11.2. The molecule has 1 aliphatic carbocycles. The molecule has 1 fully saturated rings. The highest BCUT2D eigenvalue weighted by molar-refractivity contribution is 5.75. The number of fused-ring (bicyclic) bond motifs is 1. The Morgan fingerprint density at radius 3 is 3.18 bits per heavy atom. The van der Waals surface area contributed by atoms with Gasteiger partial charge in [-0.25, -0.2) is 0 Å². The number of allylic oxidation sites excluding steroid dienone is 1. The number of ether oxygens (including phenoxy) is 1. The maximum Gasteiger partial charge on any atom is 0.309 e. The Hall–Kier alpha value is -0.790. The molecule has 0 aromatic rings. The minimum atomic E-state index is 0.00634. The summed E-state index contributed by atoms with van der Waals surface area (Å²) >= 11 is 0. The molecule has 0 spiro atoms. The molecule has 0 amide bonds. The van der Waals surface area contributed by atoms with Crippen LogP contribution in [0, 0.1) is 17.8 Å². The second-order valence-corrected chi connectivity index (χ2v) is 3.46. The third kappa shape index (κ3) is 0.971.